The topological polar surface area (TPSA) is 9.23 Å². The third-order valence-corrected chi connectivity index (χ3v) is 3.18. The Morgan fingerprint density at radius 2 is 1.21 bits per heavy atom. The summed E-state index contributed by atoms with van der Waals surface area (Å²) >= 11 is 0. The smallest absolute Gasteiger partial charge is 0.312 e. The first-order chi connectivity index (χ1) is 10.3. The molecule has 24 heavy (non-hydrogen) atoms. The highest BCUT2D eigenvalue weighted by molar-refractivity contribution is 5.23. The Labute approximate surface area is 122 Å². The molecule has 2 atom stereocenters. The minimum atomic E-state index is -7.26. The van der Waals surface area contributed by atoms with Gasteiger partial charge >= 0.3 is 36.2 Å². The van der Waals surface area contributed by atoms with Gasteiger partial charge in [0.05, 0.1) is 6.61 Å². The third-order valence-electron chi connectivity index (χ3n) is 3.18. The van der Waals surface area contributed by atoms with Crippen molar-refractivity contribution in [3.05, 3.63) is 0 Å². The van der Waals surface area contributed by atoms with E-state index in [1.54, 1.807) is 0 Å². The Hall–Kier alpha value is -1.02. The fourth-order valence-corrected chi connectivity index (χ4v) is 1.70. The summed E-state index contributed by atoms with van der Waals surface area (Å²) in [6.45, 7) is -3.49. The van der Waals surface area contributed by atoms with Crippen molar-refractivity contribution in [3.8, 4) is 0 Å². The fourth-order valence-electron chi connectivity index (χ4n) is 1.70. The molecule has 0 amide bonds. The van der Waals surface area contributed by atoms with Crippen LogP contribution in [0.1, 0.15) is 0 Å². The summed E-state index contributed by atoms with van der Waals surface area (Å²) < 4.78 is 181. The van der Waals surface area contributed by atoms with Crippen molar-refractivity contribution in [3.63, 3.8) is 0 Å². The first-order valence-corrected chi connectivity index (χ1v) is 5.45. The molecule has 1 aliphatic rings. The average molecular weight is 394 g/mol. The summed E-state index contributed by atoms with van der Waals surface area (Å²) in [6, 6.07) is 0. The van der Waals surface area contributed by atoms with E-state index < -0.39 is 54.7 Å². The molecule has 2 unspecified atom stereocenters. The lowest BCUT2D eigenvalue weighted by molar-refractivity contribution is -0.451. The van der Waals surface area contributed by atoms with Gasteiger partial charge in [0.15, 0.2) is 0 Å². The van der Waals surface area contributed by atoms with Gasteiger partial charge in [0.25, 0.3) is 0 Å². The van der Waals surface area contributed by atoms with Crippen LogP contribution in [0.2, 0.25) is 0 Å². The molecule has 0 N–H and O–H groups in total. The molecule has 0 saturated heterocycles. The van der Waals surface area contributed by atoms with Crippen LogP contribution in [0.5, 0.6) is 0 Å². The Balaban J connectivity index is 3.40. The van der Waals surface area contributed by atoms with Crippen LogP contribution >= 0.6 is 0 Å². The maximum atomic E-state index is 13.8. The molecular weight excluding hydrogens is 390 g/mol. The Kier molecular flexibility index (Phi) is 4.59. The number of hydrogen-bond donors (Lipinski definition) is 0. The van der Waals surface area contributed by atoms with Crippen molar-refractivity contribution in [2.75, 3.05) is 6.61 Å². The monoisotopic (exact) mass is 394 g/mol. The lowest BCUT2D eigenvalue weighted by atomic mass is 9.74. The number of ether oxygens (including phenoxy) is 1. The quantitative estimate of drug-likeness (QED) is 0.640. The zero-order valence-electron chi connectivity index (χ0n) is 10.6. The molecule has 1 nitrogen and oxygen atoms in total. The summed E-state index contributed by atoms with van der Waals surface area (Å²) in [5, 5.41) is 0. The predicted octanol–water partition coefficient (Wildman–Crippen LogP) is 4.46. The van der Waals surface area contributed by atoms with E-state index in [1.165, 1.54) is 0 Å². The van der Waals surface area contributed by atoms with Crippen LogP contribution in [0.15, 0.2) is 0 Å². The number of alkyl halides is 14. The second kappa shape index (κ2) is 5.24. The molecule has 1 aliphatic carbocycles. The molecular formula is C9H4F14O. The molecule has 144 valence electrons. The van der Waals surface area contributed by atoms with E-state index in [4.69, 9.17) is 0 Å². The van der Waals surface area contributed by atoms with Gasteiger partial charge in [-0.2, -0.15) is 43.9 Å². The number of rotatable bonds is 4. The SMILES string of the molecule is FC(F)C(F)(F)OCC1(F)C(F)C(F)(F)C(F)(F)C(F)(F)C1(F)F. The maximum Gasteiger partial charge on any atom is 0.416 e. The molecule has 0 radical (unpaired) electrons. The average Bonchev–Trinajstić information content (AvgIpc) is 2.41. The highest BCUT2D eigenvalue weighted by Crippen LogP contribution is 2.65. The molecule has 1 rings (SSSR count). The van der Waals surface area contributed by atoms with Crippen LogP contribution in [0, 0.1) is 0 Å². The second-order valence-electron chi connectivity index (χ2n) is 4.72. The van der Waals surface area contributed by atoms with Gasteiger partial charge in [0, 0.05) is 0 Å². The lowest BCUT2D eigenvalue weighted by Crippen LogP contribution is -2.81. The van der Waals surface area contributed by atoms with Gasteiger partial charge in [0.1, 0.15) is 0 Å². The van der Waals surface area contributed by atoms with Crippen LogP contribution in [-0.4, -0.2) is 54.7 Å². The summed E-state index contributed by atoms with van der Waals surface area (Å²) in [5.41, 5.74) is -6.17. The normalized spacial score (nSPS) is 34.4. The standard InChI is InChI=1S/C9H4F14O/c10-2-4(13,1-24-6(16,17)3(11)12)7(18,19)9(22,23)8(20,21)5(2,14)15/h2-3H,1H2. The van der Waals surface area contributed by atoms with Gasteiger partial charge < -0.3 is 4.74 Å². The number of hydrogen-bond acceptors (Lipinski definition) is 1. The van der Waals surface area contributed by atoms with E-state index >= 15 is 0 Å². The number of halogens is 14. The van der Waals surface area contributed by atoms with E-state index in [0.29, 0.717) is 0 Å². The zero-order chi connectivity index (χ0) is 19.6. The highest BCUT2D eigenvalue weighted by Gasteiger charge is 2.95. The predicted molar refractivity (Wildman–Crippen MR) is 45.4 cm³/mol. The third kappa shape index (κ3) is 2.33. The van der Waals surface area contributed by atoms with Crippen molar-refractivity contribution >= 4 is 0 Å². The molecule has 0 heterocycles. The van der Waals surface area contributed by atoms with E-state index in [2.05, 4.69) is 4.74 Å². The van der Waals surface area contributed by atoms with Crippen LogP contribution in [0.3, 0.4) is 0 Å². The van der Waals surface area contributed by atoms with Gasteiger partial charge in [-0.1, -0.05) is 0 Å². The van der Waals surface area contributed by atoms with Crippen LogP contribution in [0.4, 0.5) is 61.5 Å². The molecule has 0 aromatic heterocycles. The molecule has 0 aliphatic heterocycles. The Bertz CT molecular complexity index is 487. The molecule has 0 spiro atoms. The maximum absolute atomic E-state index is 13.8. The molecule has 1 fully saturated rings. The zero-order valence-corrected chi connectivity index (χ0v) is 10.6. The summed E-state index contributed by atoms with van der Waals surface area (Å²) in [6.07, 6.45) is -16.2. The Morgan fingerprint density at radius 3 is 1.58 bits per heavy atom. The van der Waals surface area contributed by atoms with Gasteiger partial charge in [0.2, 0.25) is 11.8 Å². The first kappa shape index (κ1) is 21.0. The minimum Gasteiger partial charge on any atom is -0.312 e. The minimum absolute atomic E-state index is 2.50. The molecule has 0 aromatic carbocycles. The van der Waals surface area contributed by atoms with Crippen molar-refractivity contribution in [2.45, 2.75) is 48.1 Å². The molecule has 15 heteroatoms. The van der Waals surface area contributed by atoms with Crippen LogP contribution in [-0.2, 0) is 4.74 Å². The van der Waals surface area contributed by atoms with Crippen molar-refractivity contribution in [1.29, 1.82) is 0 Å². The van der Waals surface area contributed by atoms with Crippen molar-refractivity contribution in [2.24, 2.45) is 0 Å². The summed E-state index contributed by atoms with van der Waals surface area (Å²) in [7, 11) is 0. The fraction of sp³-hybridized carbons (Fsp3) is 1.00. The van der Waals surface area contributed by atoms with Gasteiger partial charge in [-0.15, -0.1) is 0 Å². The van der Waals surface area contributed by atoms with E-state index in [9.17, 15) is 61.5 Å². The van der Waals surface area contributed by atoms with Crippen LogP contribution < -0.4 is 0 Å². The lowest BCUT2D eigenvalue weighted by Gasteiger charge is -2.50. The molecule has 1 saturated carbocycles. The highest BCUT2D eigenvalue weighted by atomic mass is 19.4. The largest absolute Gasteiger partial charge is 0.416 e. The van der Waals surface area contributed by atoms with Gasteiger partial charge in [-0.25, -0.2) is 17.6 Å². The summed E-state index contributed by atoms with van der Waals surface area (Å²) in [4.78, 5) is 0. The molecule has 0 aromatic rings. The van der Waals surface area contributed by atoms with E-state index in [-0.39, 0.29) is 0 Å². The van der Waals surface area contributed by atoms with Gasteiger partial charge in [-0.3, -0.25) is 0 Å². The summed E-state index contributed by atoms with van der Waals surface area (Å²) in [5.74, 6) is -28.2. The second-order valence-corrected chi connectivity index (χ2v) is 4.72. The van der Waals surface area contributed by atoms with Gasteiger partial charge in [-0.05, 0) is 0 Å². The van der Waals surface area contributed by atoms with E-state index in [1.807, 2.05) is 0 Å². The van der Waals surface area contributed by atoms with Crippen LogP contribution in [0.25, 0.3) is 0 Å². The van der Waals surface area contributed by atoms with Crippen molar-refractivity contribution < 1.29 is 66.2 Å². The van der Waals surface area contributed by atoms with Crippen molar-refractivity contribution in [1.82, 2.24) is 0 Å². The molecule has 0 bridgehead atoms. The Morgan fingerprint density at radius 1 is 0.792 bits per heavy atom. The van der Waals surface area contributed by atoms with E-state index in [0.717, 1.165) is 0 Å². The first-order valence-electron chi connectivity index (χ1n) is 5.45.